The van der Waals surface area contributed by atoms with E-state index in [1.807, 2.05) is 21.0 Å². The molecule has 0 bridgehead atoms. The summed E-state index contributed by atoms with van der Waals surface area (Å²) in [4.78, 5) is 22.8. The first-order valence-electron chi connectivity index (χ1n) is 5.31. The van der Waals surface area contributed by atoms with Crippen molar-refractivity contribution >= 4 is 12.0 Å². The molecular formula is C12H16N4O2. The summed E-state index contributed by atoms with van der Waals surface area (Å²) in [7, 11) is 5.06. The molecule has 0 radical (unpaired) electrons. The summed E-state index contributed by atoms with van der Waals surface area (Å²) in [5.41, 5.74) is 1.46. The summed E-state index contributed by atoms with van der Waals surface area (Å²) < 4.78 is 5.14. The number of aryl methyl sites for hydroxylation is 1. The summed E-state index contributed by atoms with van der Waals surface area (Å²) in [6.07, 6.45) is 4.46. The quantitative estimate of drug-likeness (QED) is 0.581. The lowest BCUT2D eigenvalue weighted by atomic mass is 10.2. The summed E-state index contributed by atoms with van der Waals surface area (Å²) in [5, 5.41) is 0. The number of anilines is 1. The topological polar surface area (TPSA) is 58.6 Å². The van der Waals surface area contributed by atoms with Gasteiger partial charge in [0.2, 0.25) is 11.8 Å². The molecule has 1 aromatic rings. The maximum atomic E-state index is 11.6. The second kappa shape index (κ2) is 5.36. The summed E-state index contributed by atoms with van der Waals surface area (Å²) in [6.45, 7) is 3.61. The van der Waals surface area contributed by atoms with E-state index in [0.29, 0.717) is 11.5 Å². The van der Waals surface area contributed by atoms with Gasteiger partial charge in [-0.2, -0.15) is 4.98 Å². The van der Waals surface area contributed by atoms with Crippen LogP contribution in [0.15, 0.2) is 0 Å². The molecule has 1 amide bonds. The van der Waals surface area contributed by atoms with E-state index >= 15 is 0 Å². The molecule has 0 aliphatic heterocycles. The molecule has 6 heteroatoms. The standard InChI is InChI=1S/C12H16N4O2/c1-7-16(6)12(17)18-10-8(2)9(3)13-11(14-10)15(4)5/h1H,2-6H3. The average molecular weight is 248 g/mol. The van der Waals surface area contributed by atoms with Crippen LogP contribution in [0.5, 0.6) is 5.88 Å². The minimum atomic E-state index is -0.650. The van der Waals surface area contributed by atoms with E-state index in [-0.39, 0.29) is 5.88 Å². The molecule has 18 heavy (non-hydrogen) atoms. The molecule has 1 heterocycles. The van der Waals surface area contributed by atoms with Gasteiger partial charge in [0.1, 0.15) is 0 Å². The van der Waals surface area contributed by atoms with Crippen molar-refractivity contribution in [3.05, 3.63) is 11.3 Å². The first-order valence-corrected chi connectivity index (χ1v) is 5.31. The predicted molar refractivity (Wildman–Crippen MR) is 68.5 cm³/mol. The number of amides is 1. The molecule has 0 spiro atoms. The Hall–Kier alpha value is -2.29. The Labute approximate surface area is 107 Å². The zero-order valence-corrected chi connectivity index (χ0v) is 11.2. The fourth-order valence-electron chi connectivity index (χ4n) is 1.09. The minimum absolute atomic E-state index is 0.221. The maximum Gasteiger partial charge on any atom is 0.428 e. The third-order valence-electron chi connectivity index (χ3n) is 2.38. The van der Waals surface area contributed by atoms with Crippen LogP contribution in [0.25, 0.3) is 0 Å². The van der Waals surface area contributed by atoms with E-state index in [1.165, 1.54) is 7.05 Å². The molecule has 0 saturated heterocycles. The lowest BCUT2D eigenvalue weighted by Gasteiger charge is -2.15. The Balaban J connectivity index is 3.09. The molecule has 0 fully saturated rings. The molecule has 0 atom stereocenters. The molecule has 96 valence electrons. The number of rotatable bonds is 2. The Morgan fingerprint density at radius 3 is 2.39 bits per heavy atom. The third-order valence-corrected chi connectivity index (χ3v) is 2.38. The van der Waals surface area contributed by atoms with Crippen LogP contribution >= 0.6 is 0 Å². The van der Waals surface area contributed by atoms with Crippen molar-refractivity contribution in [3.63, 3.8) is 0 Å². The van der Waals surface area contributed by atoms with Crippen LogP contribution in [0.4, 0.5) is 10.7 Å². The molecule has 0 unspecified atom stereocenters. The Kier molecular flexibility index (Phi) is 4.10. The molecule has 0 aliphatic rings. The highest BCUT2D eigenvalue weighted by Gasteiger charge is 2.16. The third kappa shape index (κ3) is 2.88. The SMILES string of the molecule is C#CN(C)C(=O)Oc1nc(N(C)C)nc(C)c1C. The van der Waals surface area contributed by atoms with Gasteiger partial charge in [-0.1, -0.05) is 6.42 Å². The van der Waals surface area contributed by atoms with Crippen LogP contribution in [-0.4, -0.2) is 42.1 Å². The van der Waals surface area contributed by atoms with E-state index in [1.54, 1.807) is 11.8 Å². The molecule has 6 nitrogen and oxygen atoms in total. The summed E-state index contributed by atoms with van der Waals surface area (Å²) in [5.74, 6) is 0.697. The van der Waals surface area contributed by atoms with Crippen LogP contribution in [-0.2, 0) is 0 Å². The second-order valence-electron chi connectivity index (χ2n) is 3.99. The molecule has 0 saturated carbocycles. The number of carbonyl (C=O) groups is 1. The number of carbonyl (C=O) groups excluding carboxylic acids is 1. The van der Waals surface area contributed by atoms with Crippen molar-refractivity contribution in [1.82, 2.24) is 14.9 Å². The smallest absolute Gasteiger partial charge is 0.390 e. The van der Waals surface area contributed by atoms with Crippen LogP contribution in [0.3, 0.4) is 0 Å². The van der Waals surface area contributed by atoms with E-state index in [0.717, 1.165) is 10.6 Å². The van der Waals surface area contributed by atoms with Crippen molar-refractivity contribution in [2.24, 2.45) is 0 Å². The van der Waals surface area contributed by atoms with Crippen molar-refractivity contribution < 1.29 is 9.53 Å². The zero-order chi connectivity index (χ0) is 13.9. The maximum absolute atomic E-state index is 11.6. The molecular weight excluding hydrogens is 232 g/mol. The number of nitrogens with zero attached hydrogens (tertiary/aromatic N) is 4. The highest BCUT2D eigenvalue weighted by Crippen LogP contribution is 2.20. The monoisotopic (exact) mass is 248 g/mol. The highest BCUT2D eigenvalue weighted by molar-refractivity contribution is 5.72. The van der Waals surface area contributed by atoms with Crippen molar-refractivity contribution in [3.8, 4) is 18.3 Å². The van der Waals surface area contributed by atoms with Crippen molar-refractivity contribution in [2.75, 3.05) is 26.0 Å². The van der Waals surface area contributed by atoms with Gasteiger partial charge in [0.25, 0.3) is 0 Å². The van der Waals surface area contributed by atoms with Crippen LogP contribution in [0, 0.1) is 26.3 Å². The molecule has 1 rings (SSSR count). The summed E-state index contributed by atoms with van der Waals surface area (Å²) >= 11 is 0. The fraction of sp³-hybridized carbons (Fsp3) is 0.417. The number of ether oxygens (including phenoxy) is 1. The van der Waals surface area contributed by atoms with Gasteiger partial charge in [-0.05, 0) is 13.8 Å². The van der Waals surface area contributed by atoms with Crippen LogP contribution < -0.4 is 9.64 Å². The molecule has 0 N–H and O–H groups in total. The average Bonchev–Trinajstić information content (AvgIpc) is 2.33. The normalized spacial score (nSPS) is 9.56. The van der Waals surface area contributed by atoms with E-state index < -0.39 is 6.09 Å². The predicted octanol–water partition coefficient (Wildman–Crippen LogP) is 1.18. The van der Waals surface area contributed by atoms with Gasteiger partial charge >= 0.3 is 6.09 Å². The first-order chi connectivity index (χ1) is 8.36. The summed E-state index contributed by atoms with van der Waals surface area (Å²) in [6, 6.07) is 2.16. The molecule has 0 aliphatic carbocycles. The largest absolute Gasteiger partial charge is 0.428 e. The first kappa shape index (κ1) is 13.8. The number of aromatic nitrogens is 2. The zero-order valence-electron chi connectivity index (χ0n) is 11.2. The van der Waals surface area contributed by atoms with Gasteiger partial charge in [0, 0.05) is 38.4 Å². The van der Waals surface area contributed by atoms with Gasteiger partial charge in [0.05, 0.1) is 0 Å². The van der Waals surface area contributed by atoms with Crippen LogP contribution in [0.1, 0.15) is 11.3 Å². The van der Waals surface area contributed by atoms with Crippen molar-refractivity contribution in [2.45, 2.75) is 13.8 Å². The van der Waals surface area contributed by atoms with Crippen LogP contribution in [0.2, 0.25) is 0 Å². The van der Waals surface area contributed by atoms with Gasteiger partial charge < -0.3 is 9.64 Å². The van der Waals surface area contributed by atoms with Gasteiger partial charge in [0.15, 0.2) is 0 Å². The number of terminal acetylenes is 1. The van der Waals surface area contributed by atoms with E-state index in [4.69, 9.17) is 11.2 Å². The Bertz CT molecular complexity index is 506. The molecule has 1 aromatic heterocycles. The van der Waals surface area contributed by atoms with E-state index in [9.17, 15) is 4.79 Å². The highest BCUT2D eigenvalue weighted by atomic mass is 16.6. The van der Waals surface area contributed by atoms with Gasteiger partial charge in [-0.3, -0.25) is 0 Å². The van der Waals surface area contributed by atoms with E-state index in [2.05, 4.69) is 16.0 Å². The van der Waals surface area contributed by atoms with Crippen molar-refractivity contribution in [1.29, 1.82) is 0 Å². The minimum Gasteiger partial charge on any atom is -0.390 e. The number of hydrogen-bond acceptors (Lipinski definition) is 5. The second-order valence-corrected chi connectivity index (χ2v) is 3.99. The number of hydrogen-bond donors (Lipinski definition) is 0. The lowest BCUT2D eigenvalue weighted by Crippen LogP contribution is -2.26. The molecule has 0 aromatic carbocycles. The lowest BCUT2D eigenvalue weighted by molar-refractivity contribution is 0.177. The Morgan fingerprint density at radius 2 is 1.89 bits per heavy atom. The van der Waals surface area contributed by atoms with Gasteiger partial charge in [-0.15, -0.1) is 0 Å². The van der Waals surface area contributed by atoms with Gasteiger partial charge in [-0.25, -0.2) is 14.7 Å². The Morgan fingerprint density at radius 1 is 1.28 bits per heavy atom. The fourth-order valence-corrected chi connectivity index (χ4v) is 1.09.